The van der Waals surface area contributed by atoms with Crippen molar-refractivity contribution >= 4 is 5.69 Å². The van der Waals surface area contributed by atoms with Crippen molar-refractivity contribution in [1.82, 2.24) is 4.98 Å². The van der Waals surface area contributed by atoms with Crippen LogP contribution in [0.5, 0.6) is 5.75 Å². The van der Waals surface area contributed by atoms with Gasteiger partial charge in [-0.05, 0) is 24.6 Å². The summed E-state index contributed by atoms with van der Waals surface area (Å²) < 4.78 is 5.10. The third kappa shape index (κ3) is 2.15. The number of aromatic amines is 1. The van der Waals surface area contributed by atoms with E-state index in [2.05, 4.69) is 4.98 Å². The zero-order chi connectivity index (χ0) is 12.4. The first-order valence-electron chi connectivity index (χ1n) is 5.25. The Morgan fingerprint density at radius 3 is 2.41 bits per heavy atom. The molecule has 0 aliphatic rings. The van der Waals surface area contributed by atoms with Crippen LogP contribution in [0, 0.1) is 6.92 Å². The Morgan fingerprint density at radius 2 is 1.88 bits per heavy atom. The number of nitrogens with two attached hydrogens (primary N) is 1. The van der Waals surface area contributed by atoms with Crippen molar-refractivity contribution in [1.29, 1.82) is 0 Å². The van der Waals surface area contributed by atoms with E-state index in [0.717, 1.165) is 22.6 Å². The van der Waals surface area contributed by atoms with E-state index in [0.29, 0.717) is 5.69 Å². The molecule has 2 rings (SSSR count). The zero-order valence-corrected chi connectivity index (χ0v) is 9.78. The Hall–Kier alpha value is -2.23. The molecule has 1 heterocycles. The van der Waals surface area contributed by atoms with Gasteiger partial charge in [0.2, 0.25) is 5.56 Å². The second-order valence-electron chi connectivity index (χ2n) is 3.82. The number of anilines is 1. The normalized spacial score (nSPS) is 10.2. The summed E-state index contributed by atoms with van der Waals surface area (Å²) in [5, 5.41) is 0. The van der Waals surface area contributed by atoms with Gasteiger partial charge in [-0.2, -0.15) is 0 Å². The van der Waals surface area contributed by atoms with Crippen molar-refractivity contribution in [2.24, 2.45) is 0 Å². The van der Waals surface area contributed by atoms with Crippen LogP contribution in [-0.2, 0) is 0 Å². The first-order chi connectivity index (χ1) is 8.11. The maximum atomic E-state index is 11.2. The van der Waals surface area contributed by atoms with E-state index in [1.807, 2.05) is 31.2 Å². The number of hydrogen-bond acceptors (Lipinski definition) is 3. The van der Waals surface area contributed by atoms with Crippen LogP contribution in [0.25, 0.3) is 11.1 Å². The lowest BCUT2D eigenvalue weighted by molar-refractivity contribution is 0.415. The molecule has 0 atom stereocenters. The number of rotatable bonds is 2. The summed E-state index contributed by atoms with van der Waals surface area (Å²) in [5.41, 5.74) is 8.75. The van der Waals surface area contributed by atoms with Gasteiger partial charge >= 0.3 is 0 Å². The number of methoxy groups -OCH3 is 1. The standard InChI is InChI=1S/C13H14N2O2/c1-8-13(11(14)7-12(16)15-8)9-3-5-10(17-2)6-4-9/h3-7H,1-2H3,(H3,14,15,16). The van der Waals surface area contributed by atoms with Crippen molar-refractivity contribution in [2.75, 3.05) is 12.8 Å². The Labute approximate surface area is 99.1 Å². The predicted octanol–water partition coefficient (Wildman–Crippen LogP) is 1.94. The molecule has 0 fully saturated rings. The van der Waals surface area contributed by atoms with E-state index in [4.69, 9.17) is 10.5 Å². The fourth-order valence-corrected chi connectivity index (χ4v) is 1.85. The first-order valence-corrected chi connectivity index (χ1v) is 5.25. The first kappa shape index (κ1) is 11.3. The Kier molecular flexibility index (Phi) is 2.87. The quantitative estimate of drug-likeness (QED) is 0.828. The highest BCUT2D eigenvalue weighted by molar-refractivity contribution is 5.78. The maximum Gasteiger partial charge on any atom is 0.250 e. The van der Waals surface area contributed by atoms with Gasteiger partial charge in [-0.1, -0.05) is 12.1 Å². The summed E-state index contributed by atoms with van der Waals surface area (Å²) >= 11 is 0. The SMILES string of the molecule is COc1ccc(-c2c(N)cc(=O)[nH]c2C)cc1. The lowest BCUT2D eigenvalue weighted by Crippen LogP contribution is -2.09. The topological polar surface area (TPSA) is 68.1 Å². The molecule has 0 unspecified atom stereocenters. The molecule has 1 aromatic heterocycles. The van der Waals surface area contributed by atoms with Crippen molar-refractivity contribution in [3.05, 3.63) is 46.4 Å². The lowest BCUT2D eigenvalue weighted by Gasteiger charge is -2.09. The molecule has 0 saturated carbocycles. The van der Waals surface area contributed by atoms with Crippen LogP contribution in [-0.4, -0.2) is 12.1 Å². The third-order valence-electron chi connectivity index (χ3n) is 2.64. The highest BCUT2D eigenvalue weighted by Crippen LogP contribution is 2.28. The molecular formula is C13H14N2O2. The summed E-state index contributed by atoms with van der Waals surface area (Å²) in [6.07, 6.45) is 0. The number of nitrogen functional groups attached to an aromatic ring is 1. The zero-order valence-electron chi connectivity index (χ0n) is 9.78. The molecule has 17 heavy (non-hydrogen) atoms. The van der Waals surface area contributed by atoms with Crippen LogP contribution in [0.4, 0.5) is 5.69 Å². The second kappa shape index (κ2) is 4.33. The predicted molar refractivity (Wildman–Crippen MR) is 68.2 cm³/mol. The summed E-state index contributed by atoms with van der Waals surface area (Å²) in [4.78, 5) is 14.0. The van der Waals surface area contributed by atoms with E-state index in [1.165, 1.54) is 6.07 Å². The van der Waals surface area contributed by atoms with Crippen LogP contribution < -0.4 is 16.0 Å². The van der Waals surface area contributed by atoms with Gasteiger partial charge in [-0.15, -0.1) is 0 Å². The molecule has 0 radical (unpaired) electrons. The number of aromatic nitrogens is 1. The van der Waals surface area contributed by atoms with E-state index in [-0.39, 0.29) is 5.56 Å². The number of pyridine rings is 1. The lowest BCUT2D eigenvalue weighted by atomic mass is 10.0. The summed E-state index contributed by atoms with van der Waals surface area (Å²) in [7, 11) is 1.62. The molecule has 0 bridgehead atoms. The molecule has 4 nitrogen and oxygen atoms in total. The monoisotopic (exact) mass is 230 g/mol. The molecule has 0 aliphatic heterocycles. The molecule has 3 N–H and O–H groups in total. The minimum atomic E-state index is -0.183. The number of nitrogens with one attached hydrogen (secondary N) is 1. The van der Waals surface area contributed by atoms with Crippen LogP contribution >= 0.6 is 0 Å². The Bertz CT molecular complexity index is 559. The van der Waals surface area contributed by atoms with Crippen molar-refractivity contribution in [3.63, 3.8) is 0 Å². The Balaban J connectivity index is 2.56. The third-order valence-corrected chi connectivity index (χ3v) is 2.64. The van der Waals surface area contributed by atoms with Crippen LogP contribution in [0.2, 0.25) is 0 Å². The van der Waals surface area contributed by atoms with Gasteiger partial charge in [0.1, 0.15) is 5.75 Å². The summed E-state index contributed by atoms with van der Waals surface area (Å²) in [6.45, 7) is 1.83. The van der Waals surface area contributed by atoms with Gasteiger partial charge < -0.3 is 15.5 Å². The largest absolute Gasteiger partial charge is 0.497 e. The summed E-state index contributed by atoms with van der Waals surface area (Å²) in [5.74, 6) is 0.786. The molecule has 2 aromatic rings. The van der Waals surface area contributed by atoms with Gasteiger partial charge in [0.15, 0.2) is 0 Å². The van der Waals surface area contributed by atoms with Crippen molar-refractivity contribution in [3.8, 4) is 16.9 Å². The number of hydrogen-bond donors (Lipinski definition) is 2. The minimum absolute atomic E-state index is 0.183. The van der Waals surface area contributed by atoms with Crippen molar-refractivity contribution in [2.45, 2.75) is 6.92 Å². The molecule has 1 aromatic carbocycles. The van der Waals surface area contributed by atoms with Crippen LogP contribution in [0.15, 0.2) is 35.1 Å². The molecular weight excluding hydrogens is 216 g/mol. The van der Waals surface area contributed by atoms with Gasteiger partial charge in [0.05, 0.1) is 7.11 Å². The van der Waals surface area contributed by atoms with Crippen LogP contribution in [0.1, 0.15) is 5.69 Å². The van der Waals surface area contributed by atoms with Gasteiger partial charge in [0, 0.05) is 23.0 Å². The smallest absolute Gasteiger partial charge is 0.250 e. The van der Waals surface area contributed by atoms with E-state index in [1.54, 1.807) is 7.11 Å². The minimum Gasteiger partial charge on any atom is -0.497 e. The number of H-pyrrole nitrogens is 1. The Morgan fingerprint density at radius 1 is 1.24 bits per heavy atom. The molecule has 0 aliphatic carbocycles. The number of ether oxygens (including phenoxy) is 1. The average Bonchev–Trinajstić information content (AvgIpc) is 2.28. The van der Waals surface area contributed by atoms with E-state index < -0.39 is 0 Å². The maximum absolute atomic E-state index is 11.2. The average molecular weight is 230 g/mol. The fraction of sp³-hybridized carbons (Fsp3) is 0.154. The fourth-order valence-electron chi connectivity index (χ4n) is 1.85. The second-order valence-corrected chi connectivity index (χ2v) is 3.82. The van der Waals surface area contributed by atoms with Crippen molar-refractivity contribution < 1.29 is 4.74 Å². The summed E-state index contributed by atoms with van der Waals surface area (Å²) in [6, 6.07) is 8.94. The van der Waals surface area contributed by atoms with E-state index >= 15 is 0 Å². The van der Waals surface area contributed by atoms with Gasteiger partial charge in [-0.3, -0.25) is 4.79 Å². The van der Waals surface area contributed by atoms with E-state index in [9.17, 15) is 4.79 Å². The number of benzene rings is 1. The van der Waals surface area contributed by atoms with Crippen LogP contribution in [0.3, 0.4) is 0 Å². The molecule has 0 amide bonds. The molecule has 88 valence electrons. The molecule has 0 spiro atoms. The number of aryl methyl sites for hydroxylation is 1. The van der Waals surface area contributed by atoms with Gasteiger partial charge in [-0.25, -0.2) is 0 Å². The van der Waals surface area contributed by atoms with Gasteiger partial charge in [0.25, 0.3) is 0 Å². The molecule has 0 saturated heterocycles. The molecule has 4 heteroatoms. The highest BCUT2D eigenvalue weighted by atomic mass is 16.5. The highest BCUT2D eigenvalue weighted by Gasteiger charge is 2.07.